The lowest BCUT2D eigenvalue weighted by molar-refractivity contribution is 0.0987. The molecule has 4 heterocycles. The molecule has 0 spiro atoms. The van der Waals surface area contributed by atoms with Crippen LogP contribution in [-0.2, 0) is 0 Å². The van der Waals surface area contributed by atoms with Gasteiger partial charge in [-0.15, -0.1) is 0 Å². The predicted molar refractivity (Wildman–Crippen MR) is 132 cm³/mol. The maximum Gasteiger partial charge on any atom is 0.214 e. The number of pyridine rings is 2. The van der Waals surface area contributed by atoms with Crippen LogP contribution in [0.15, 0.2) is 53.9 Å². The summed E-state index contributed by atoms with van der Waals surface area (Å²) in [6.07, 6.45) is 4.20. The Morgan fingerprint density at radius 3 is 1.79 bits per heavy atom. The highest BCUT2D eigenvalue weighted by Crippen LogP contribution is 2.25. The van der Waals surface area contributed by atoms with Gasteiger partial charge in [-0.25, -0.2) is 9.03 Å². The Kier molecular flexibility index (Phi) is 7.61. The summed E-state index contributed by atoms with van der Waals surface area (Å²) in [6.45, 7) is 11.5. The third kappa shape index (κ3) is 4.76. The standard InChI is InChI=1S/C13H15N3O2.C13H16N2O/c1-8(2)12-11(13(17)9(3)15-18)10-6-4-5-7-16(10)14-12;1-4-11(16)12-10-7-5-6-8-15(10)14-13(12)9(2)3/h4-8,18H,1-3H3;5-9H,4H2,1-3H3. The normalized spacial score (nSPS) is 11.8. The number of fused-ring (bicyclic) bond motifs is 2. The fourth-order valence-corrected chi connectivity index (χ4v) is 3.76. The lowest BCUT2D eigenvalue weighted by Gasteiger charge is -2.03. The van der Waals surface area contributed by atoms with Gasteiger partial charge in [-0.1, -0.05) is 51.9 Å². The summed E-state index contributed by atoms with van der Waals surface area (Å²) in [6, 6.07) is 11.3. The van der Waals surface area contributed by atoms with Crippen molar-refractivity contribution in [2.45, 2.75) is 59.8 Å². The van der Waals surface area contributed by atoms with E-state index in [9.17, 15) is 9.59 Å². The number of hydrogen-bond acceptors (Lipinski definition) is 6. The van der Waals surface area contributed by atoms with E-state index in [4.69, 9.17) is 5.21 Å². The molecule has 0 aliphatic rings. The molecular weight excluding hydrogens is 430 g/mol. The molecule has 8 nitrogen and oxygen atoms in total. The fourth-order valence-electron chi connectivity index (χ4n) is 3.76. The summed E-state index contributed by atoms with van der Waals surface area (Å²) < 4.78 is 3.46. The zero-order valence-electron chi connectivity index (χ0n) is 20.5. The third-order valence-electron chi connectivity index (χ3n) is 5.53. The van der Waals surface area contributed by atoms with Crippen LogP contribution < -0.4 is 0 Å². The van der Waals surface area contributed by atoms with Crippen LogP contribution in [0.4, 0.5) is 0 Å². The average Bonchev–Trinajstić information content (AvgIpc) is 3.42. The largest absolute Gasteiger partial charge is 0.411 e. The van der Waals surface area contributed by atoms with Crippen molar-refractivity contribution in [1.29, 1.82) is 0 Å². The number of carbonyl (C=O) groups excluding carboxylic acids is 2. The van der Waals surface area contributed by atoms with E-state index >= 15 is 0 Å². The Bertz CT molecular complexity index is 1360. The summed E-state index contributed by atoms with van der Waals surface area (Å²) in [5.74, 6) is 0.271. The first-order valence-electron chi connectivity index (χ1n) is 11.4. The maximum atomic E-state index is 12.2. The number of nitrogens with zero attached hydrogens (tertiary/aromatic N) is 5. The highest BCUT2D eigenvalue weighted by molar-refractivity contribution is 6.46. The van der Waals surface area contributed by atoms with Gasteiger partial charge in [-0.2, -0.15) is 10.2 Å². The number of rotatable bonds is 6. The van der Waals surface area contributed by atoms with Crippen LogP contribution in [0, 0.1) is 0 Å². The van der Waals surface area contributed by atoms with Crippen LogP contribution in [0.3, 0.4) is 0 Å². The minimum absolute atomic E-state index is 0.0654. The Morgan fingerprint density at radius 2 is 1.35 bits per heavy atom. The zero-order chi connectivity index (χ0) is 25.0. The molecule has 4 aromatic rings. The first-order chi connectivity index (χ1) is 16.2. The first kappa shape index (κ1) is 24.8. The highest BCUT2D eigenvalue weighted by atomic mass is 16.4. The summed E-state index contributed by atoms with van der Waals surface area (Å²) in [5.41, 5.74) is 4.63. The minimum Gasteiger partial charge on any atom is -0.411 e. The molecule has 34 heavy (non-hydrogen) atoms. The quantitative estimate of drug-likeness (QED) is 0.176. The molecule has 0 unspecified atom stereocenters. The molecule has 4 aromatic heterocycles. The van der Waals surface area contributed by atoms with Gasteiger partial charge < -0.3 is 5.21 Å². The summed E-state index contributed by atoms with van der Waals surface area (Å²) in [7, 11) is 0. The van der Waals surface area contributed by atoms with Gasteiger partial charge in [0.2, 0.25) is 5.78 Å². The Balaban J connectivity index is 0.000000192. The number of oxime groups is 1. The molecule has 0 aliphatic carbocycles. The van der Waals surface area contributed by atoms with Crippen LogP contribution in [0.25, 0.3) is 11.0 Å². The molecule has 1 N–H and O–H groups in total. The van der Waals surface area contributed by atoms with Crippen molar-refractivity contribution in [1.82, 2.24) is 19.2 Å². The monoisotopic (exact) mass is 461 g/mol. The van der Waals surface area contributed by atoms with Crippen molar-refractivity contribution in [3.8, 4) is 0 Å². The molecule has 0 aromatic carbocycles. The van der Waals surface area contributed by atoms with E-state index in [0.717, 1.165) is 22.3 Å². The summed E-state index contributed by atoms with van der Waals surface area (Å²) >= 11 is 0. The molecule has 0 atom stereocenters. The van der Waals surface area contributed by atoms with Crippen LogP contribution in [0.1, 0.15) is 91.9 Å². The second-order valence-corrected chi connectivity index (χ2v) is 8.68. The minimum atomic E-state index is -0.289. The summed E-state index contributed by atoms with van der Waals surface area (Å²) in [4.78, 5) is 24.2. The lowest BCUT2D eigenvalue weighted by atomic mass is 9.99. The second kappa shape index (κ2) is 10.4. The molecule has 0 amide bonds. The smallest absolute Gasteiger partial charge is 0.214 e. The fraction of sp³-hybridized carbons (Fsp3) is 0.346. The van der Waals surface area contributed by atoms with Crippen LogP contribution >= 0.6 is 0 Å². The number of hydrogen-bond donors (Lipinski definition) is 1. The lowest BCUT2D eigenvalue weighted by Crippen LogP contribution is -2.13. The molecule has 0 fully saturated rings. The van der Waals surface area contributed by atoms with E-state index in [1.54, 1.807) is 15.2 Å². The topological polar surface area (TPSA) is 101 Å². The number of carbonyl (C=O) groups is 2. The average molecular weight is 462 g/mol. The molecule has 4 rings (SSSR count). The molecule has 0 saturated carbocycles. The van der Waals surface area contributed by atoms with Crippen molar-refractivity contribution in [2.75, 3.05) is 0 Å². The van der Waals surface area contributed by atoms with Crippen molar-refractivity contribution < 1.29 is 14.8 Å². The molecule has 0 radical (unpaired) electrons. The SMILES string of the molecule is CC(=NO)C(=O)c1c(C(C)C)nn2ccccc12.CCC(=O)c1c(C(C)C)nn2ccccc12. The molecule has 0 saturated heterocycles. The molecule has 0 bridgehead atoms. The number of Topliss-reactive ketones (excluding diaryl/α,β-unsaturated/α-hetero) is 2. The van der Waals surface area contributed by atoms with E-state index < -0.39 is 0 Å². The maximum absolute atomic E-state index is 12.2. The first-order valence-corrected chi connectivity index (χ1v) is 11.4. The number of ketones is 2. The molecule has 0 aliphatic heterocycles. The molecular formula is C26H31N5O3. The van der Waals surface area contributed by atoms with Gasteiger partial charge in [0, 0.05) is 18.8 Å². The van der Waals surface area contributed by atoms with Gasteiger partial charge in [0.25, 0.3) is 0 Å². The van der Waals surface area contributed by atoms with Gasteiger partial charge in [0.1, 0.15) is 5.71 Å². The molecule has 8 heteroatoms. The van der Waals surface area contributed by atoms with E-state index in [0.29, 0.717) is 17.7 Å². The summed E-state index contributed by atoms with van der Waals surface area (Å²) in [5, 5.41) is 20.6. The van der Waals surface area contributed by atoms with Gasteiger partial charge in [0.15, 0.2) is 5.78 Å². The van der Waals surface area contributed by atoms with Crippen molar-refractivity contribution >= 4 is 28.3 Å². The van der Waals surface area contributed by atoms with E-state index in [1.165, 1.54) is 6.92 Å². The van der Waals surface area contributed by atoms with Gasteiger partial charge in [0.05, 0.1) is 33.5 Å². The van der Waals surface area contributed by atoms with Crippen molar-refractivity contribution in [2.24, 2.45) is 5.16 Å². The Hall–Kier alpha value is -3.81. The van der Waals surface area contributed by atoms with Gasteiger partial charge in [-0.3, -0.25) is 9.59 Å². The Labute approximate surface area is 198 Å². The highest BCUT2D eigenvalue weighted by Gasteiger charge is 2.23. The predicted octanol–water partition coefficient (Wildman–Crippen LogP) is 5.54. The zero-order valence-corrected chi connectivity index (χ0v) is 20.5. The van der Waals surface area contributed by atoms with Gasteiger partial charge in [-0.05, 0) is 43.0 Å². The van der Waals surface area contributed by atoms with Crippen molar-refractivity contribution in [3.63, 3.8) is 0 Å². The van der Waals surface area contributed by atoms with Crippen molar-refractivity contribution in [3.05, 3.63) is 71.3 Å². The molecule has 178 valence electrons. The Morgan fingerprint density at radius 1 is 0.882 bits per heavy atom. The van der Waals surface area contributed by atoms with Crippen LogP contribution in [0.2, 0.25) is 0 Å². The van der Waals surface area contributed by atoms with E-state index in [1.807, 2.05) is 63.4 Å². The van der Waals surface area contributed by atoms with Crippen LogP contribution in [0.5, 0.6) is 0 Å². The van der Waals surface area contributed by atoms with Crippen LogP contribution in [-0.4, -0.2) is 41.7 Å². The number of aromatic nitrogens is 4. The van der Waals surface area contributed by atoms with E-state index in [2.05, 4.69) is 29.2 Å². The second-order valence-electron chi connectivity index (χ2n) is 8.68. The van der Waals surface area contributed by atoms with E-state index in [-0.39, 0.29) is 29.1 Å². The van der Waals surface area contributed by atoms with Gasteiger partial charge >= 0.3 is 0 Å². The third-order valence-corrected chi connectivity index (χ3v) is 5.53.